The van der Waals surface area contributed by atoms with Gasteiger partial charge >= 0.3 is 0 Å². The van der Waals surface area contributed by atoms with E-state index in [1.807, 2.05) is 40.0 Å². The van der Waals surface area contributed by atoms with Crippen molar-refractivity contribution in [3.63, 3.8) is 0 Å². The molecule has 3 aromatic rings. The van der Waals surface area contributed by atoms with Crippen LogP contribution in [0.15, 0.2) is 48.9 Å². The van der Waals surface area contributed by atoms with Crippen molar-refractivity contribution in [1.82, 2.24) is 29.4 Å². The molecule has 2 unspecified atom stereocenters. The highest BCUT2D eigenvalue weighted by molar-refractivity contribution is 5.51. The molecule has 1 saturated heterocycles. The van der Waals surface area contributed by atoms with E-state index in [2.05, 4.69) is 45.8 Å². The van der Waals surface area contributed by atoms with E-state index in [-0.39, 0.29) is 6.29 Å². The lowest BCUT2D eigenvalue weighted by molar-refractivity contribution is 0.0512. The number of para-hydroxylation sites is 1. The Morgan fingerprint density at radius 1 is 1.00 bits per heavy atom. The molecule has 1 fully saturated rings. The average Bonchev–Trinajstić information content (AvgIpc) is 3.58. The molecular formula is C24H35N9. The maximum atomic E-state index is 6.95. The molecule has 0 amide bonds. The zero-order chi connectivity index (χ0) is 22.9. The Balaban J connectivity index is 1.47. The summed E-state index contributed by atoms with van der Waals surface area (Å²) in [6, 6.07) is 10.2. The van der Waals surface area contributed by atoms with Crippen molar-refractivity contribution in [2.75, 3.05) is 31.1 Å². The highest BCUT2D eigenvalue weighted by Crippen LogP contribution is 2.36. The molecule has 2 aliphatic heterocycles. The van der Waals surface area contributed by atoms with Gasteiger partial charge in [0, 0.05) is 37.6 Å². The minimum atomic E-state index is -0.448. The summed E-state index contributed by atoms with van der Waals surface area (Å²) >= 11 is 0. The van der Waals surface area contributed by atoms with Crippen LogP contribution in [0.4, 0.5) is 5.82 Å². The van der Waals surface area contributed by atoms with Gasteiger partial charge in [-0.25, -0.2) is 14.3 Å². The first-order valence-corrected chi connectivity index (χ1v) is 12.0. The molecule has 0 bridgehead atoms. The van der Waals surface area contributed by atoms with Crippen molar-refractivity contribution in [3.05, 3.63) is 60.0 Å². The van der Waals surface area contributed by atoms with Crippen molar-refractivity contribution in [3.8, 4) is 5.69 Å². The second-order valence-electron chi connectivity index (χ2n) is 9.34. The summed E-state index contributed by atoms with van der Waals surface area (Å²) in [6.45, 7) is 9.15. The molecule has 9 nitrogen and oxygen atoms in total. The van der Waals surface area contributed by atoms with Crippen molar-refractivity contribution < 1.29 is 0 Å². The van der Waals surface area contributed by atoms with Crippen LogP contribution in [0.5, 0.6) is 0 Å². The summed E-state index contributed by atoms with van der Waals surface area (Å²) < 4.78 is 3.83. The van der Waals surface area contributed by atoms with E-state index in [0.717, 1.165) is 30.2 Å². The molecule has 0 spiro atoms. The van der Waals surface area contributed by atoms with Crippen molar-refractivity contribution in [2.45, 2.75) is 51.7 Å². The average molecular weight is 450 g/mol. The summed E-state index contributed by atoms with van der Waals surface area (Å²) in [7, 11) is 0. The predicted molar refractivity (Wildman–Crippen MR) is 130 cm³/mol. The van der Waals surface area contributed by atoms with Gasteiger partial charge in [-0.05, 0) is 49.5 Å². The standard InChI is InChI=1S/C24H35N9/c1-18(2)20-16-28-33-22(20)30(15-14-29-11-5-6-12-29)23(25)31(24(33)26)17-19-8-3-4-9-21(19)32-13-7-10-27-32/h3-4,7-10,13,16,18,23-24H,5-6,11-12,14-15,17,25-26H2,1-2H3. The van der Waals surface area contributed by atoms with Gasteiger partial charge in [-0.3, -0.25) is 11.5 Å². The van der Waals surface area contributed by atoms with Crippen LogP contribution in [-0.2, 0) is 6.54 Å². The number of aromatic nitrogens is 4. The summed E-state index contributed by atoms with van der Waals surface area (Å²) in [5.74, 6) is 1.40. The third-order valence-corrected chi connectivity index (χ3v) is 6.89. The molecule has 4 N–H and O–H groups in total. The number of benzene rings is 1. The monoisotopic (exact) mass is 449 g/mol. The molecule has 2 aliphatic rings. The molecule has 1 aromatic carbocycles. The topological polar surface area (TPSA) is 97.4 Å². The molecule has 0 radical (unpaired) electrons. The Kier molecular flexibility index (Phi) is 6.20. The molecule has 0 saturated carbocycles. The maximum Gasteiger partial charge on any atom is 0.160 e. The third kappa shape index (κ3) is 4.17. The van der Waals surface area contributed by atoms with Gasteiger partial charge in [0.15, 0.2) is 6.29 Å². The third-order valence-electron chi connectivity index (χ3n) is 6.89. The van der Waals surface area contributed by atoms with E-state index < -0.39 is 6.29 Å². The van der Waals surface area contributed by atoms with Crippen molar-refractivity contribution in [2.24, 2.45) is 11.5 Å². The van der Waals surface area contributed by atoms with E-state index in [1.165, 1.54) is 31.5 Å². The molecule has 176 valence electrons. The highest BCUT2D eigenvalue weighted by Gasteiger charge is 2.38. The van der Waals surface area contributed by atoms with Gasteiger partial charge in [-0.1, -0.05) is 32.0 Å². The minimum Gasteiger partial charge on any atom is -0.327 e. The smallest absolute Gasteiger partial charge is 0.160 e. The van der Waals surface area contributed by atoms with Crippen LogP contribution in [0.1, 0.15) is 50.0 Å². The first-order valence-electron chi connectivity index (χ1n) is 12.0. The molecule has 2 aromatic heterocycles. The van der Waals surface area contributed by atoms with Gasteiger partial charge < -0.3 is 9.80 Å². The number of rotatable bonds is 7. The minimum absolute atomic E-state index is 0.342. The summed E-state index contributed by atoms with van der Waals surface area (Å²) in [6.07, 6.45) is 7.46. The lowest BCUT2D eigenvalue weighted by Crippen LogP contribution is -2.63. The fraction of sp³-hybridized carbons (Fsp3) is 0.500. The van der Waals surface area contributed by atoms with E-state index in [4.69, 9.17) is 16.6 Å². The molecule has 33 heavy (non-hydrogen) atoms. The molecule has 2 atom stereocenters. The molecule has 9 heteroatoms. The second-order valence-corrected chi connectivity index (χ2v) is 9.34. The quantitative estimate of drug-likeness (QED) is 0.571. The van der Waals surface area contributed by atoms with Crippen LogP contribution < -0.4 is 16.4 Å². The Morgan fingerprint density at radius 2 is 1.79 bits per heavy atom. The highest BCUT2D eigenvalue weighted by atomic mass is 15.6. The van der Waals surface area contributed by atoms with Gasteiger partial charge in [-0.2, -0.15) is 10.2 Å². The summed E-state index contributed by atoms with van der Waals surface area (Å²) in [5.41, 5.74) is 17.1. The fourth-order valence-electron chi connectivity index (χ4n) is 5.03. The van der Waals surface area contributed by atoms with Gasteiger partial charge in [0.2, 0.25) is 0 Å². The van der Waals surface area contributed by atoms with Crippen LogP contribution in [0.3, 0.4) is 0 Å². The van der Waals surface area contributed by atoms with Crippen molar-refractivity contribution in [1.29, 1.82) is 0 Å². The number of likely N-dealkylation sites (tertiary alicyclic amines) is 1. The number of anilines is 1. The van der Waals surface area contributed by atoms with Crippen LogP contribution in [0.2, 0.25) is 0 Å². The first-order chi connectivity index (χ1) is 16.0. The lowest BCUT2D eigenvalue weighted by atomic mass is 10.1. The largest absolute Gasteiger partial charge is 0.327 e. The normalized spacial score (nSPS) is 21.8. The van der Waals surface area contributed by atoms with E-state index in [9.17, 15) is 0 Å². The molecule has 0 aliphatic carbocycles. The van der Waals surface area contributed by atoms with E-state index in [0.29, 0.717) is 12.5 Å². The Labute approximate surface area is 195 Å². The zero-order valence-electron chi connectivity index (χ0n) is 19.6. The molecule has 5 rings (SSSR count). The Morgan fingerprint density at radius 3 is 2.52 bits per heavy atom. The van der Waals surface area contributed by atoms with Crippen LogP contribution in [0, 0.1) is 0 Å². The van der Waals surface area contributed by atoms with Gasteiger partial charge in [-0.15, -0.1) is 0 Å². The number of fused-ring (bicyclic) bond motifs is 1. The number of nitrogens with zero attached hydrogens (tertiary/aromatic N) is 7. The summed E-state index contributed by atoms with van der Waals surface area (Å²) in [4.78, 5) is 6.94. The Bertz CT molecular complexity index is 1050. The second kappa shape index (κ2) is 9.26. The fourth-order valence-corrected chi connectivity index (χ4v) is 5.03. The molecular weight excluding hydrogens is 414 g/mol. The zero-order valence-corrected chi connectivity index (χ0v) is 19.6. The first kappa shape index (κ1) is 22.1. The van der Waals surface area contributed by atoms with Gasteiger partial charge in [0.05, 0.1) is 11.9 Å². The summed E-state index contributed by atoms with van der Waals surface area (Å²) in [5, 5.41) is 9.14. The number of nitrogens with two attached hydrogens (primary N) is 2. The van der Waals surface area contributed by atoms with Gasteiger partial charge in [0.25, 0.3) is 0 Å². The predicted octanol–water partition coefficient (Wildman–Crippen LogP) is 2.27. The van der Waals surface area contributed by atoms with Gasteiger partial charge in [0.1, 0.15) is 12.1 Å². The van der Waals surface area contributed by atoms with E-state index >= 15 is 0 Å². The van der Waals surface area contributed by atoms with Crippen LogP contribution >= 0.6 is 0 Å². The number of hydrogen-bond acceptors (Lipinski definition) is 7. The van der Waals surface area contributed by atoms with Crippen LogP contribution in [0.25, 0.3) is 5.69 Å². The van der Waals surface area contributed by atoms with Crippen molar-refractivity contribution >= 4 is 5.82 Å². The SMILES string of the molecule is CC(C)c1cnn2c1N(CCN1CCCC1)C(N)N(Cc1ccccc1-n1cccn1)C2N. The maximum absolute atomic E-state index is 6.95. The van der Waals surface area contributed by atoms with E-state index in [1.54, 1.807) is 6.20 Å². The number of hydrogen-bond donors (Lipinski definition) is 2. The Hall–Kier alpha value is -2.72. The molecule has 4 heterocycles. The van der Waals surface area contributed by atoms with Crippen LogP contribution in [-0.4, -0.2) is 61.8 Å². The lowest BCUT2D eigenvalue weighted by Gasteiger charge is -2.47.